The van der Waals surface area contributed by atoms with Crippen LogP contribution in [0, 0.1) is 6.92 Å². The summed E-state index contributed by atoms with van der Waals surface area (Å²) in [5.74, 6) is 0.673. The third kappa shape index (κ3) is 4.72. The van der Waals surface area contributed by atoms with Crippen LogP contribution in [0.25, 0.3) is 11.3 Å². The van der Waals surface area contributed by atoms with Crippen LogP contribution in [0.5, 0.6) is 5.75 Å². The van der Waals surface area contributed by atoms with Gasteiger partial charge < -0.3 is 4.74 Å². The molecule has 1 aliphatic carbocycles. The average Bonchev–Trinajstić information content (AvgIpc) is 2.84. The number of sulfonamides is 1. The fourth-order valence-corrected chi connectivity index (χ4v) is 5.59. The molecule has 7 nitrogen and oxygen atoms in total. The van der Waals surface area contributed by atoms with E-state index in [1.165, 1.54) is 4.68 Å². The first-order valence-electron chi connectivity index (χ1n) is 11.2. The minimum absolute atomic E-state index is 0.0316. The van der Waals surface area contributed by atoms with Crippen molar-refractivity contribution in [2.24, 2.45) is 0 Å². The zero-order valence-electron chi connectivity index (χ0n) is 19.2. The quantitative estimate of drug-likeness (QED) is 0.573. The fourth-order valence-electron chi connectivity index (χ4n) is 4.31. The Balaban J connectivity index is 1.72. The molecule has 0 spiro atoms. The molecule has 33 heavy (non-hydrogen) atoms. The summed E-state index contributed by atoms with van der Waals surface area (Å²) in [6.45, 7) is 4.29. The summed E-state index contributed by atoms with van der Waals surface area (Å²) in [7, 11) is -2.20. The highest BCUT2D eigenvalue weighted by atomic mass is 32.2. The number of nitrogens with one attached hydrogen (secondary N) is 1. The van der Waals surface area contributed by atoms with Gasteiger partial charge in [0.15, 0.2) is 0 Å². The van der Waals surface area contributed by atoms with E-state index < -0.39 is 10.0 Å². The zero-order valence-corrected chi connectivity index (χ0v) is 20.0. The van der Waals surface area contributed by atoms with Crippen LogP contribution in [-0.2, 0) is 36.0 Å². The highest BCUT2D eigenvalue weighted by Gasteiger charge is 2.23. The van der Waals surface area contributed by atoms with Crippen LogP contribution < -0.4 is 15.0 Å². The molecule has 0 radical (unpaired) electrons. The van der Waals surface area contributed by atoms with E-state index >= 15 is 0 Å². The van der Waals surface area contributed by atoms with Gasteiger partial charge in [-0.25, -0.2) is 17.8 Å². The Morgan fingerprint density at radius 2 is 1.85 bits per heavy atom. The predicted octanol–water partition coefficient (Wildman–Crippen LogP) is 3.60. The van der Waals surface area contributed by atoms with Crippen LogP contribution in [-0.4, -0.2) is 25.3 Å². The minimum atomic E-state index is -3.77. The lowest BCUT2D eigenvalue weighted by Gasteiger charge is -2.20. The molecule has 0 aliphatic heterocycles. The minimum Gasteiger partial charge on any atom is -0.497 e. The lowest BCUT2D eigenvalue weighted by molar-refractivity contribution is 0.414. The van der Waals surface area contributed by atoms with Crippen molar-refractivity contribution in [2.45, 2.75) is 57.5 Å². The molecule has 0 atom stereocenters. The molecule has 0 bridgehead atoms. The molecule has 0 unspecified atom stereocenters. The molecule has 1 aromatic heterocycles. The summed E-state index contributed by atoms with van der Waals surface area (Å²) in [6.07, 6.45) is 3.50. The van der Waals surface area contributed by atoms with Gasteiger partial charge in [-0.05, 0) is 74.4 Å². The zero-order chi connectivity index (χ0) is 23.6. The smallest absolute Gasteiger partial charge is 0.270 e. The highest BCUT2D eigenvalue weighted by Crippen LogP contribution is 2.30. The average molecular weight is 468 g/mol. The molecular weight excluding hydrogens is 438 g/mol. The molecule has 1 heterocycles. The van der Waals surface area contributed by atoms with Crippen molar-refractivity contribution in [3.8, 4) is 17.0 Å². The van der Waals surface area contributed by atoms with Crippen molar-refractivity contribution >= 4 is 10.0 Å². The van der Waals surface area contributed by atoms with E-state index in [0.717, 1.165) is 42.4 Å². The Bertz CT molecular complexity index is 1350. The summed E-state index contributed by atoms with van der Waals surface area (Å²) < 4.78 is 35.8. The molecule has 1 N–H and O–H groups in total. The number of methoxy groups -OCH3 is 1. The van der Waals surface area contributed by atoms with Gasteiger partial charge >= 0.3 is 0 Å². The van der Waals surface area contributed by atoms with Gasteiger partial charge in [-0.3, -0.25) is 4.79 Å². The summed E-state index contributed by atoms with van der Waals surface area (Å²) >= 11 is 0. The van der Waals surface area contributed by atoms with Crippen LogP contribution in [0.3, 0.4) is 0 Å². The molecule has 0 saturated carbocycles. The second kappa shape index (κ2) is 9.49. The Morgan fingerprint density at radius 1 is 1.09 bits per heavy atom. The topological polar surface area (TPSA) is 90.3 Å². The molecule has 174 valence electrons. The van der Waals surface area contributed by atoms with Gasteiger partial charge in [-0.15, -0.1) is 0 Å². The standard InChI is InChI=1S/C25H29N3O4S/c1-4-28-25(29)22-11-6-5-10-21(22)24(27-28)19-13-12-17(2)23(15-19)33(30,31)26-16-18-8-7-9-20(14-18)32-3/h7-9,12-15,26H,4-6,10-11,16H2,1-3H3. The Kier molecular flexibility index (Phi) is 6.67. The monoisotopic (exact) mass is 467 g/mol. The van der Waals surface area contributed by atoms with Gasteiger partial charge in [0.05, 0.1) is 17.7 Å². The lowest BCUT2D eigenvalue weighted by Crippen LogP contribution is -2.30. The number of rotatable bonds is 7. The maximum absolute atomic E-state index is 13.2. The van der Waals surface area contributed by atoms with E-state index in [2.05, 4.69) is 9.82 Å². The van der Waals surface area contributed by atoms with Crippen molar-refractivity contribution in [3.63, 3.8) is 0 Å². The molecule has 2 aromatic carbocycles. The van der Waals surface area contributed by atoms with E-state index in [1.807, 2.05) is 31.2 Å². The van der Waals surface area contributed by atoms with E-state index in [0.29, 0.717) is 29.1 Å². The molecule has 1 aliphatic rings. The molecule has 0 fully saturated rings. The van der Waals surface area contributed by atoms with Crippen LogP contribution in [0.15, 0.2) is 52.2 Å². The van der Waals surface area contributed by atoms with E-state index in [4.69, 9.17) is 4.74 Å². The van der Waals surface area contributed by atoms with Crippen molar-refractivity contribution < 1.29 is 13.2 Å². The second-order valence-corrected chi connectivity index (χ2v) is 10.0. The second-order valence-electron chi connectivity index (χ2n) is 8.29. The SMILES string of the molecule is CCn1nc(-c2ccc(C)c(S(=O)(=O)NCc3cccc(OC)c3)c2)c2c(c1=O)CCCC2. The van der Waals surface area contributed by atoms with Crippen LogP contribution in [0.4, 0.5) is 0 Å². The van der Waals surface area contributed by atoms with E-state index in [9.17, 15) is 13.2 Å². The Morgan fingerprint density at radius 3 is 2.58 bits per heavy atom. The van der Waals surface area contributed by atoms with Crippen LogP contribution in [0.1, 0.15) is 42.0 Å². The van der Waals surface area contributed by atoms with Gasteiger partial charge in [0.25, 0.3) is 5.56 Å². The molecule has 4 rings (SSSR count). The lowest BCUT2D eigenvalue weighted by atomic mass is 9.89. The van der Waals surface area contributed by atoms with Gasteiger partial charge in [-0.2, -0.15) is 5.10 Å². The molecule has 8 heteroatoms. The summed E-state index contributed by atoms with van der Waals surface area (Å²) in [5.41, 5.74) is 4.60. The van der Waals surface area contributed by atoms with Crippen molar-refractivity contribution in [3.05, 3.63) is 75.1 Å². The fraction of sp³-hybridized carbons (Fsp3) is 0.360. The molecule has 0 saturated heterocycles. The first-order chi connectivity index (χ1) is 15.8. The number of aryl methyl sites for hydroxylation is 2. The number of hydrogen-bond acceptors (Lipinski definition) is 5. The maximum Gasteiger partial charge on any atom is 0.270 e. The summed E-state index contributed by atoms with van der Waals surface area (Å²) in [4.78, 5) is 13.0. The third-order valence-electron chi connectivity index (χ3n) is 6.12. The Labute approximate surface area is 194 Å². The first-order valence-corrected chi connectivity index (χ1v) is 12.7. The number of aromatic nitrogens is 2. The van der Waals surface area contributed by atoms with E-state index in [-0.39, 0.29) is 17.0 Å². The van der Waals surface area contributed by atoms with Crippen molar-refractivity contribution in [1.82, 2.24) is 14.5 Å². The number of nitrogens with zero attached hydrogens (tertiary/aromatic N) is 2. The maximum atomic E-state index is 13.2. The first kappa shape index (κ1) is 23.2. The normalized spacial score (nSPS) is 13.5. The number of ether oxygens (including phenoxy) is 1. The van der Waals surface area contributed by atoms with Crippen LogP contribution in [0.2, 0.25) is 0 Å². The summed E-state index contributed by atoms with van der Waals surface area (Å²) in [5, 5.41) is 4.61. The van der Waals surface area contributed by atoms with Gasteiger partial charge in [0.1, 0.15) is 5.75 Å². The van der Waals surface area contributed by atoms with Gasteiger partial charge in [0, 0.05) is 24.2 Å². The van der Waals surface area contributed by atoms with Crippen molar-refractivity contribution in [1.29, 1.82) is 0 Å². The van der Waals surface area contributed by atoms with Gasteiger partial charge in [-0.1, -0.05) is 24.3 Å². The predicted molar refractivity (Wildman–Crippen MR) is 128 cm³/mol. The molecule has 3 aromatic rings. The number of hydrogen-bond donors (Lipinski definition) is 1. The summed E-state index contributed by atoms with van der Waals surface area (Å²) in [6, 6.07) is 12.6. The largest absolute Gasteiger partial charge is 0.497 e. The Hall–Kier alpha value is -2.97. The molecule has 0 amide bonds. The highest BCUT2D eigenvalue weighted by molar-refractivity contribution is 7.89. The van der Waals surface area contributed by atoms with Gasteiger partial charge in [0.2, 0.25) is 10.0 Å². The number of benzene rings is 2. The number of fused-ring (bicyclic) bond motifs is 1. The van der Waals surface area contributed by atoms with Crippen LogP contribution >= 0.6 is 0 Å². The van der Waals surface area contributed by atoms with Crippen molar-refractivity contribution in [2.75, 3.05) is 7.11 Å². The van der Waals surface area contributed by atoms with E-state index in [1.54, 1.807) is 32.2 Å². The third-order valence-corrected chi connectivity index (χ3v) is 7.66. The molecular formula is C25H29N3O4S.